The molecule has 4 heterocycles. The van der Waals surface area contributed by atoms with E-state index in [-0.39, 0.29) is 17.9 Å². The maximum atomic E-state index is 11.7. The summed E-state index contributed by atoms with van der Waals surface area (Å²) in [5.41, 5.74) is 4.16. The molecule has 180 valence electrons. The van der Waals surface area contributed by atoms with Crippen LogP contribution in [0.2, 0.25) is 0 Å². The Hall–Kier alpha value is -2.83. The van der Waals surface area contributed by atoms with Crippen LogP contribution in [0, 0.1) is 5.92 Å². The second kappa shape index (κ2) is 9.08. The summed E-state index contributed by atoms with van der Waals surface area (Å²) in [5, 5.41) is 11.7. The molecular weight excluding hydrogens is 476 g/mol. The first-order chi connectivity index (χ1) is 16.3. The number of anilines is 1. The minimum absolute atomic E-state index is 0.0604. The molecule has 2 aliphatic heterocycles. The number of nitrogens with zero attached hydrogens (tertiary/aromatic N) is 5. The van der Waals surface area contributed by atoms with E-state index >= 15 is 0 Å². The van der Waals surface area contributed by atoms with Crippen LogP contribution in [-0.4, -0.2) is 78.9 Å². The van der Waals surface area contributed by atoms with Gasteiger partial charge in [0.05, 0.1) is 27.7 Å². The molecule has 5 rings (SSSR count). The van der Waals surface area contributed by atoms with Gasteiger partial charge in [0.15, 0.2) is 5.82 Å². The molecule has 2 atom stereocenters. The number of nitrogens with one attached hydrogen (secondary N) is 1. The number of aromatic nitrogens is 3. The zero-order valence-corrected chi connectivity index (χ0v) is 20.6. The minimum Gasteiger partial charge on any atom is -0.489 e. The van der Waals surface area contributed by atoms with Gasteiger partial charge in [0, 0.05) is 50.6 Å². The lowest BCUT2D eigenvalue weighted by atomic mass is 10.0. The van der Waals surface area contributed by atoms with Crippen LogP contribution in [0.3, 0.4) is 0 Å². The monoisotopic (exact) mass is 502 g/mol. The molecule has 0 saturated carbocycles. The minimum atomic E-state index is -3.18. The Kier molecular flexibility index (Phi) is 6.13. The third-order valence-electron chi connectivity index (χ3n) is 6.36. The molecule has 3 aromatic rings. The number of hydrogen-bond acceptors (Lipinski definition) is 9. The quantitative estimate of drug-likeness (QED) is 0.542. The van der Waals surface area contributed by atoms with E-state index in [9.17, 15) is 13.2 Å². The van der Waals surface area contributed by atoms with Crippen molar-refractivity contribution in [3.05, 3.63) is 29.8 Å². The second-order valence-electron chi connectivity index (χ2n) is 8.69. The number of rotatable bonds is 6. The number of piperazine rings is 1. The zero-order chi connectivity index (χ0) is 23.9. The predicted molar refractivity (Wildman–Crippen MR) is 130 cm³/mol. The number of hydrogen-bond donors (Lipinski definition) is 1. The standard InChI is InChI=1S/C22H26N6O4S2/c1-14(16-11-21(29)23-12-16)32-19-10-15(9-18-22(19)33-13-24-18)17-3-4-20(26-25-17)27-5-7-28(8-6-27)34(2,30)31/h3-4,9-10,13-14,16H,5-8,11-12H2,1-2H3,(H,23,29)/t14-,16-/m1/s1. The molecule has 0 unspecified atom stereocenters. The van der Waals surface area contributed by atoms with E-state index in [0.29, 0.717) is 44.8 Å². The first kappa shape index (κ1) is 22.9. The third kappa shape index (κ3) is 4.70. The summed E-state index contributed by atoms with van der Waals surface area (Å²) in [6.07, 6.45) is 1.58. The molecule has 0 spiro atoms. The Bertz CT molecular complexity index is 1300. The molecule has 0 aliphatic carbocycles. The number of thiazole rings is 1. The van der Waals surface area contributed by atoms with Gasteiger partial charge in [-0.2, -0.15) is 4.31 Å². The van der Waals surface area contributed by atoms with Gasteiger partial charge in [-0.05, 0) is 31.2 Å². The number of fused-ring (bicyclic) bond motifs is 1. The summed E-state index contributed by atoms with van der Waals surface area (Å²) < 4.78 is 32.2. The summed E-state index contributed by atoms with van der Waals surface area (Å²) in [4.78, 5) is 18.1. The zero-order valence-electron chi connectivity index (χ0n) is 19.0. The highest BCUT2D eigenvalue weighted by atomic mass is 32.2. The van der Waals surface area contributed by atoms with Gasteiger partial charge in [-0.15, -0.1) is 21.5 Å². The van der Waals surface area contributed by atoms with Crippen LogP contribution >= 0.6 is 11.3 Å². The van der Waals surface area contributed by atoms with Crippen LogP contribution in [0.25, 0.3) is 21.5 Å². The SMILES string of the molecule is C[C@@H](Oc1cc(-c2ccc(N3CCN(S(C)(=O)=O)CC3)nn2)cc2ncsc12)[C@H]1CNC(=O)C1. The lowest BCUT2D eigenvalue weighted by Crippen LogP contribution is -2.48. The summed E-state index contributed by atoms with van der Waals surface area (Å²) in [7, 11) is -3.18. The number of sulfonamides is 1. The molecular formula is C22H26N6O4S2. The van der Waals surface area contributed by atoms with Crippen molar-refractivity contribution in [3.63, 3.8) is 0 Å². The van der Waals surface area contributed by atoms with Crippen molar-refractivity contribution in [2.24, 2.45) is 5.92 Å². The van der Waals surface area contributed by atoms with Gasteiger partial charge in [0.1, 0.15) is 11.9 Å². The predicted octanol–water partition coefficient (Wildman–Crippen LogP) is 1.74. The van der Waals surface area contributed by atoms with Gasteiger partial charge in [-0.1, -0.05) is 0 Å². The number of carbonyl (C=O) groups excluding carboxylic acids is 1. The van der Waals surface area contributed by atoms with E-state index in [1.165, 1.54) is 21.9 Å². The van der Waals surface area contributed by atoms with Crippen LogP contribution in [-0.2, 0) is 14.8 Å². The van der Waals surface area contributed by atoms with Gasteiger partial charge in [-0.3, -0.25) is 4.79 Å². The fourth-order valence-corrected chi connectivity index (χ4v) is 5.88. The summed E-state index contributed by atoms with van der Waals surface area (Å²) in [5.74, 6) is 1.63. The molecule has 2 fully saturated rings. The molecule has 0 bridgehead atoms. The topological polar surface area (TPSA) is 118 Å². The maximum Gasteiger partial charge on any atom is 0.220 e. The van der Waals surface area contributed by atoms with Gasteiger partial charge in [0.25, 0.3) is 0 Å². The Labute approximate surface area is 202 Å². The van der Waals surface area contributed by atoms with E-state index < -0.39 is 10.0 Å². The highest BCUT2D eigenvalue weighted by molar-refractivity contribution is 7.88. The first-order valence-corrected chi connectivity index (χ1v) is 13.9. The Morgan fingerprint density at radius 3 is 2.62 bits per heavy atom. The Balaban J connectivity index is 1.35. The van der Waals surface area contributed by atoms with Gasteiger partial charge >= 0.3 is 0 Å². The lowest BCUT2D eigenvalue weighted by Gasteiger charge is -2.33. The molecule has 0 radical (unpaired) electrons. The highest BCUT2D eigenvalue weighted by Crippen LogP contribution is 2.35. The molecule has 12 heteroatoms. The largest absolute Gasteiger partial charge is 0.489 e. The van der Waals surface area contributed by atoms with Crippen molar-refractivity contribution in [1.82, 2.24) is 24.8 Å². The van der Waals surface area contributed by atoms with E-state index in [1.54, 1.807) is 5.51 Å². The van der Waals surface area contributed by atoms with Crippen LogP contribution in [0.4, 0.5) is 5.82 Å². The Morgan fingerprint density at radius 1 is 1.18 bits per heavy atom. The van der Waals surface area contributed by atoms with Gasteiger partial charge in [-0.25, -0.2) is 13.4 Å². The molecule has 1 amide bonds. The third-order valence-corrected chi connectivity index (χ3v) is 8.52. The smallest absolute Gasteiger partial charge is 0.220 e. The van der Waals surface area contributed by atoms with Crippen LogP contribution in [0.5, 0.6) is 5.75 Å². The molecule has 1 N–H and O–H groups in total. The normalized spacial score (nSPS) is 20.5. The molecule has 2 aromatic heterocycles. The van der Waals surface area contributed by atoms with E-state index in [4.69, 9.17) is 4.74 Å². The number of ether oxygens (including phenoxy) is 1. The number of carbonyl (C=O) groups is 1. The van der Waals surface area contributed by atoms with Crippen molar-refractivity contribution in [2.75, 3.05) is 43.9 Å². The van der Waals surface area contributed by atoms with Crippen LogP contribution in [0.1, 0.15) is 13.3 Å². The van der Waals surface area contributed by atoms with E-state index in [0.717, 1.165) is 27.3 Å². The van der Waals surface area contributed by atoms with Crippen molar-refractivity contribution in [1.29, 1.82) is 0 Å². The summed E-state index contributed by atoms with van der Waals surface area (Å²) >= 11 is 1.52. The summed E-state index contributed by atoms with van der Waals surface area (Å²) in [6.45, 7) is 4.62. The van der Waals surface area contributed by atoms with Crippen molar-refractivity contribution >= 4 is 43.3 Å². The molecule has 1 aromatic carbocycles. The van der Waals surface area contributed by atoms with Crippen LogP contribution in [0.15, 0.2) is 29.8 Å². The highest BCUT2D eigenvalue weighted by Gasteiger charge is 2.29. The van der Waals surface area contributed by atoms with E-state index in [1.807, 2.05) is 36.1 Å². The average Bonchev–Trinajstić information content (AvgIpc) is 3.48. The van der Waals surface area contributed by atoms with Crippen molar-refractivity contribution in [2.45, 2.75) is 19.4 Å². The van der Waals surface area contributed by atoms with Crippen molar-refractivity contribution < 1.29 is 17.9 Å². The van der Waals surface area contributed by atoms with Gasteiger partial charge in [0.2, 0.25) is 15.9 Å². The van der Waals surface area contributed by atoms with Gasteiger partial charge < -0.3 is 15.0 Å². The van der Waals surface area contributed by atoms with Crippen molar-refractivity contribution in [3.8, 4) is 17.0 Å². The molecule has 34 heavy (non-hydrogen) atoms. The molecule has 2 saturated heterocycles. The average molecular weight is 503 g/mol. The van der Waals surface area contributed by atoms with E-state index in [2.05, 4.69) is 20.5 Å². The number of benzene rings is 1. The molecule has 10 nitrogen and oxygen atoms in total. The number of amides is 1. The fourth-order valence-electron chi connectivity index (χ4n) is 4.33. The summed E-state index contributed by atoms with van der Waals surface area (Å²) in [6, 6.07) is 7.74. The van der Waals surface area contributed by atoms with Crippen LogP contribution < -0.4 is 15.0 Å². The first-order valence-electron chi connectivity index (χ1n) is 11.1. The lowest BCUT2D eigenvalue weighted by molar-refractivity contribution is -0.119. The second-order valence-corrected chi connectivity index (χ2v) is 11.5. The Morgan fingerprint density at radius 2 is 1.97 bits per heavy atom. The maximum absolute atomic E-state index is 11.7. The fraction of sp³-hybridized carbons (Fsp3) is 0.455. The molecule has 2 aliphatic rings.